The Kier molecular flexibility index (Phi) is 6.08. The van der Waals surface area contributed by atoms with E-state index in [1.54, 1.807) is 30.3 Å². The lowest BCUT2D eigenvalue weighted by Gasteiger charge is -2.06. The third-order valence-electron chi connectivity index (χ3n) is 3.26. The van der Waals surface area contributed by atoms with Gasteiger partial charge in [-0.1, -0.05) is 60.7 Å². The van der Waals surface area contributed by atoms with Crippen LogP contribution in [0.15, 0.2) is 66.9 Å². The zero-order valence-corrected chi connectivity index (χ0v) is 13.1. The first-order valence-corrected chi connectivity index (χ1v) is 7.28. The number of halogens is 1. The Balaban J connectivity index is 2.22. The Morgan fingerprint density at radius 2 is 1.71 bits per heavy atom. The quantitative estimate of drug-likeness (QED) is 0.479. The fourth-order valence-corrected chi connectivity index (χ4v) is 2.13. The molecule has 0 atom stereocenters. The number of allylic oxidation sites excluding steroid dienone is 2. The molecule has 0 aliphatic heterocycles. The highest BCUT2D eigenvalue weighted by Gasteiger charge is 2.13. The van der Waals surface area contributed by atoms with Gasteiger partial charge in [-0.3, -0.25) is 0 Å². The molecule has 0 aliphatic carbocycles. The molecule has 4 heteroatoms. The van der Waals surface area contributed by atoms with Crippen LogP contribution in [0.1, 0.15) is 16.7 Å². The van der Waals surface area contributed by atoms with Crippen molar-refractivity contribution in [3.05, 3.63) is 89.5 Å². The van der Waals surface area contributed by atoms with E-state index in [2.05, 4.69) is 0 Å². The van der Waals surface area contributed by atoms with E-state index < -0.39 is 5.97 Å². The zero-order chi connectivity index (χ0) is 17.4. The van der Waals surface area contributed by atoms with Gasteiger partial charge in [0.2, 0.25) is 0 Å². The van der Waals surface area contributed by atoms with Crippen LogP contribution in [0.4, 0.5) is 4.39 Å². The molecular formula is C20H17FO3. The molecule has 0 unspecified atom stereocenters. The van der Waals surface area contributed by atoms with Gasteiger partial charge >= 0.3 is 5.97 Å². The standard InChI is InChI=1S/C20H17FO3/c1-24-14-19(20(22)23)18-9-5-4-8-16(18)7-3-2-6-15-10-12-17(21)13-11-15/h2-14H,1H3,(H,22,23)/b6-2+,7-3+,19-14+. The van der Waals surface area contributed by atoms with Crippen LogP contribution < -0.4 is 0 Å². The lowest BCUT2D eigenvalue weighted by atomic mass is 10.00. The van der Waals surface area contributed by atoms with Crippen LogP contribution in [-0.2, 0) is 9.53 Å². The average Bonchev–Trinajstić information content (AvgIpc) is 2.58. The third-order valence-corrected chi connectivity index (χ3v) is 3.26. The summed E-state index contributed by atoms with van der Waals surface area (Å²) < 4.78 is 17.7. The molecule has 2 aromatic carbocycles. The topological polar surface area (TPSA) is 46.5 Å². The van der Waals surface area contributed by atoms with Crippen LogP contribution in [0.5, 0.6) is 0 Å². The van der Waals surface area contributed by atoms with Crippen molar-refractivity contribution in [2.24, 2.45) is 0 Å². The molecule has 0 aliphatic rings. The highest BCUT2D eigenvalue weighted by atomic mass is 19.1. The molecule has 0 amide bonds. The Labute approximate surface area is 140 Å². The summed E-state index contributed by atoms with van der Waals surface area (Å²) >= 11 is 0. The smallest absolute Gasteiger partial charge is 0.339 e. The van der Waals surface area contributed by atoms with Gasteiger partial charge in [-0.05, 0) is 28.8 Å². The normalized spacial score (nSPS) is 12.0. The number of aliphatic carboxylic acids is 1. The van der Waals surface area contributed by atoms with Crippen molar-refractivity contribution in [3.8, 4) is 0 Å². The van der Waals surface area contributed by atoms with Gasteiger partial charge in [0.15, 0.2) is 0 Å². The van der Waals surface area contributed by atoms with Crippen molar-refractivity contribution in [1.29, 1.82) is 0 Å². The van der Waals surface area contributed by atoms with Crippen LogP contribution in [-0.4, -0.2) is 18.2 Å². The number of ether oxygens (including phenoxy) is 1. The number of hydrogen-bond acceptors (Lipinski definition) is 2. The van der Waals surface area contributed by atoms with Crippen molar-refractivity contribution in [3.63, 3.8) is 0 Å². The molecule has 24 heavy (non-hydrogen) atoms. The van der Waals surface area contributed by atoms with Crippen molar-refractivity contribution >= 4 is 23.7 Å². The van der Waals surface area contributed by atoms with Crippen LogP contribution in [0.3, 0.4) is 0 Å². The lowest BCUT2D eigenvalue weighted by molar-refractivity contribution is -0.130. The first-order chi connectivity index (χ1) is 11.6. The Morgan fingerprint density at radius 3 is 2.38 bits per heavy atom. The minimum absolute atomic E-state index is 0.0836. The monoisotopic (exact) mass is 324 g/mol. The number of rotatable bonds is 6. The molecule has 0 heterocycles. The van der Waals surface area contributed by atoms with E-state index in [1.807, 2.05) is 30.4 Å². The number of carbonyl (C=O) groups is 1. The van der Waals surface area contributed by atoms with Gasteiger partial charge < -0.3 is 9.84 Å². The summed E-state index contributed by atoms with van der Waals surface area (Å²) in [4.78, 5) is 11.4. The second-order valence-electron chi connectivity index (χ2n) is 4.93. The molecule has 0 bridgehead atoms. The van der Waals surface area contributed by atoms with Crippen LogP contribution in [0, 0.1) is 5.82 Å². The summed E-state index contributed by atoms with van der Waals surface area (Å²) in [6.07, 6.45) is 8.46. The van der Waals surface area contributed by atoms with Crippen molar-refractivity contribution in [2.45, 2.75) is 0 Å². The van der Waals surface area contributed by atoms with Crippen molar-refractivity contribution < 1.29 is 19.0 Å². The molecule has 1 N–H and O–H groups in total. The molecule has 122 valence electrons. The van der Waals surface area contributed by atoms with Gasteiger partial charge in [0.25, 0.3) is 0 Å². The molecule has 0 radical (unpaired) electrons. The summed E-state index contributed by atoms with van der Waals surface area (Å²) in [6.45, 7) is 0. The third kappa shape index (κ3) is 4.68. The van der Waals surface area contributed by atoms with Gasteiger partial charge in [0.1, 0.15) is 11.4 Å². The van der Waals surface area contributed by atoms with Gasteiger partial charge in [0.05, 0.1) is 13.4 Å². The van der Waals surface area contributed by atoms with Crippen LogP contribution in [0.25, 0.3) is 17.7 Å². The summed E-state index contributed by atoms with van der Waals surface area (Å²) in [6, 6.07) is 13.3. The van der Waals surface area contributed by atoms with Gasteiger partial charge in [-0.25, -0.2) is 9.18 Å². The first-order valence-electron chi connectivity index (χ1n) is 7.28. The molecule has 3 nitrogen and oxygen atoms in total. The molecule has 2 rings (SSSR count). The number of methoxy groups -OCH3 is 1. The number of carboxylic acids is 1. The molecule has 0 saturated carbocycles. The molecular weight excluding hydrogens is 307 g/mol. The predicted octanol–water partition coefficient (Wildman–Crippen LogP) is 4.62. The fraction of sp³-hybridized carbons (Fsp3) is 0.0500. The zero-order valence-electron chi connectivity index (χ0n) is 13.1. The first kappa shape index (κ1) is 17.2. The van der Waals surface area contributed by atoms with E-state index in [0.29, 0.717) is 5.56 Å². The van der Waals surface area contributed by atoms with E-state index >= 15 is 0 Å². The Hall–Kier alpha value is -3.14. The second-order valence-corrected chi connectivity index (χ2v) is 4.93. The van der Waals surface area contributed by atoms with E-state index in [4.69, 9.17) is 4.74 Å². The molecule has 0 saturated heterocycles. The maximum atomic E-state index is 12.8. The average molecular weight is 324 g/mol. The van der Waals surface area contributed by atoms with E-state index in [0.717, 1.165) is 11.1 Å². The second kappa shape index (κ2) is 8.48. The minimum Gasteiger partial charge on any atom is -0.503 e. The van der Waals surface area contributed by atoms with Gasteiger partial charge in [0, 0.05) is 0 Å². The minimum atomic E-state index is -1.06. The summed E-state index contributed by atoms with van der Waals surface area (Å²) in [5.74, 6) is -1.33. The molecule has 0 fully saturated rings. The molecule has 0 spiro atoms. The van der Waals surface area contributed by atoms with E-state index in [9.17, 15) is 14.3 Å². The van der Waals surface area contributed by atoms with Gasteiger partial charge in [-0.15, -0.1) is 0 Å². The number of benzene rings is 2. The summed E-state index contributed by atoms with van der Waals surface area (Å²) in [7, 11) is 1.41. The van der Waals surface area contributed by atoms with Crippen molar-refractivity contribution in [2.75, 3.05) is 7.11 Å². The van der Waals surface area contributed by atoms with Crippen LogP contribution >= 0.6 is 0 Å². The summed E-state index contributed by atoms with van der Waals surface area (Å²) in [5, 5.41) is 9.31. The van der Waals surface area contributed by atoms with Crippen molar-refractivity contribution in [1.82, 2.24) is 0 Å². The highest BCUT2D eigenvalue weighted by Crippen LogP contribution is 2.21. The SMILES string of the molecule is CO/C=C(/C(=O)O)c1ccccc1/C=C/C=C/c1ccc(F)cc1. The largest absolute Gasteiger partial charge is 0.503 e. The molecule has 0 aromatic heterocycles. The predicted molar refractivity (Wildman–Crippen MR) is 93.5 cm³/mol. The van der Waals surface area contributed by atoms with E-state index in [-0.39, 0.29) is 11.4 Å². The van der Waals surface area contributed by atoms with E-state index in [1.165, 1.54) is 25.5 Å². The highest BCUT2D eigenvalue weighted by molar-refractivity contribution is 6.16. The lowest BCUT2D eigenvalue weighted by Crippen LogP contribution is -2.02. The van der Waals surface area contributed by atoms with Crippen LogP contribution in [0.2, 0.25) is 0 Å². The van der Waals surface area contributed by atoms with Gasteiger partial charge in [-0.2, -0.15) is 0 Å². The fourth-order valence-electron chi connectivity index (χ4n) is 2.13. The Bertz CT molecular complexity index is 787. The summed E-state index contributed by atoms with van der Waals surface area (Å²) in [5.41, 5.74) is 2.28. The number of carboxylic acid groups (broad SMARTS) is 1. The Morgan fingerprint density at radius 1 is 1.04 bits per heavy atom. The molecule has 2 aromatic rings. The maximum absolute atomic E-state index is 12.8. The maximum Gasteiger partial charge on any atom is 0.339 e. The number of hydrogen-bond donors (Lipinski definition) is 1.